The Kier molecular flexibility index (Phi) is 10.4. The summed E-state index contributed by atoms with van der Waals surface area (Å²) in [4.78, 5) is 34.9. The number of ether oxygens (including phenoxy) is 1. The molecule has 4 aromatic rings. The molecule has 38 heavy (non-hydrogen) atoms. The summed E-state index contributed by atoms with van der Waals surface area (Å²) in [7, 11) is -1.42. The number of carbonyl (C=O) groups is 1. The third-order valence-corrected chi connectivity index (χ3v) is 7.71. The zero-order valence-electron chi connectivity index (χ0n) is 20.0. The molecule has 10 nitrogen and oxygen atoms in total. The highest BCUT2D eigenvalue weighted by molar-refractivity contribution is 9.10. The molecule has 0 aliphatic carbocycles. The number of hydrogen-bond acceptors (Lipinski definition) is 9. The first-order valence-corrected chi connectivity index (χ1v) is 14.5. The van der Waals surface area contributed by atoms with Gasteiger partial charge in [0, 0.05) is 22.3 Å². The summed E-state index contributed by atoms with van der Waals surface area (Å²) in [5, 5.41) is -0.162. The first kappa shape index (κ1) is 28.3. The van der Waals surface area contributed by atoms with Crippen LogP contribution in [-0.4, -0.2) is 49.9 Å². The highest BCUT2D eigenvalue weighted by Crippen LogP contribution is 2.39. The molecule has 0 amide bonds. The van der Waals surface area contributed by atoms with Gasteiger partial charge in [0.15, 0.2) is 19.5 Å². The fourth-order valence-corrected chi connectivity index (χ4v) is 5.58. The quantitative estimate of drug-likeness (QED) is 0.160. The number of rotatable bonds is 13. The van der Waals surface area contributed by atoms with Gasteiger partial charge in [-0.1, -0.05) is 39.8 Å². The minimum Gasteiger partial charge on any atom is -0.370 e. The van der Waals surface area contributed by atoms with E-state index in [-0.39, 0.29) is 29.5 Å². The number of nitrogens with two attached hydrogens (primary N) is 1. The summed E-state index contributed by atoms with van der Waals surface area (Å²) in [6.07, 6.45) is 1.71. The van der Waals surface area contributed by atoms with Crippen LogP contribution in [0.1, 0.15) is 15.9 Å². The van der Waals surface area contributed by atoms with Crippen LogP contribution >= 0.6 is 36.1 Å². The number of fused-ring (bicyclic) bond motifs is 1. The molecule has 14 heteroatoms. The minimum atomic E-state index is -1.42. The lowest BCUT2D eigenvalue weighted by molar-refractivity contribution is 0.108. The number of aromatic amines is 1. The molecule has 4 rings (SSSR count). The fraction of sp³-hybridized carbons (Fsp3) is 0.250. The molecule has 0 spiro atoms. The summed E-state index contributed by atoms with van der Waals surface area (Å²) < 4.78 is 33.4. The van der Waals surface area contributed by atoms with Crippen LogP contribution in [0.2, 0.25) is 0 Å². The van der Waals surface area contributed by atoms with Gasteiger partial charge in [-0.05, 0) is 42.0 Å². The predicted octanol–water partition coefficient (Wildman–Crippen LogP) is 4.70. The van der Waals surface area contributed by atoms with Crippen LogP contribution in [0.5, 0.6) is 0 Å². The summed E-state index contributed by atoms with van der Waals surface area (Å²) in [5.74, 6) is 0.0232. The third-order valence-electron chi connectivity index (χ3n) is 5.06. The van der Waals surface area contributed by atoms with Gasteiger partial charge in [0.1, 0.15) is 12.2 Å². The van der Waals surface area contributed by atoms with Crippen LogP contribution < -0.4 is 11.3 Å². The van der Waals surface area contributed by atoms with Crippen molar-refractivity contribution >= 4 is 58.3 Å². The molecule has 2 heterocycles. The van der Waals surface area contributed by atoms with E-state index in [1.165, 1.54) is 30.6 Å². The van der Waals surface area contributed by atoms with Crippen molar-refractivity contribution in [3.05, 3.63) is 86.6 Å². The van der Waals surface area contributed by atoms with Crippen molar-refractivity contribution in [2.45, 2.75) is 13.2 Å². The maximum atomic E-state index is 13.1. The average molecular weight is 624 g/mol. The van der Waals surface area contributed by atoms with Gasteiger partial charge < -0.3 is 24.1 Å². The zero-order chi connectivity index (χ0) is 26.9. The molecule has 0 radical (unpaired) electrons. The Morgan fingerprint density at radius 2 is 2.00 bits per heavy atom. The Morgan fingerprint density at radius 1 is 1.18 bits per heavy atom. The molecule has 0 saturated carbocycles. The average Bonchev–Trinajstić information content (AvgIpc) is 3.30. The summed E-state index contributed by atoms with van der Waals surface area (Å²) in [5.41, 5.74) is 7.22. The molecule has 1 unspecified atom stereocenters. The molecule has 2 aromatic heterocycles. The Morgan fingerprint density at radius 3 is 2.79 bits per heavy atom. The molecule has 0 saturated heterocycles. The molecule has 200 valence electrons. The molecule has 0 bridgehead atoms. The minimum absolute atomic E-state index is 0.0128. The number of imidazole rings is 1. The number of halogens is 2. The van der Waals surface area contributed by atoms with Gasteiger partial charge in [0.2, 0.25) is 11.1 Å². The maximum Gasteiger partial charge on any atom is 0.280 e. The van der Waals surface area contributed by atoms with Crippen LogP contribution in [-0.2, 0) is 26.9 Å². The van der Waals surface area contributed by atoms with Crippen molar-refractivity contribution in [1.29, 1.82) is 0 Å². The van der Waals surface area contributed by atoms with E-state index in [9.17, 15) is 14.0 Å². The van der Waals surface area contributed by atoms with Crippen molar-refractivity contribution in [1.82, 2.24) is 19.5 Å². The second-order valence-electron chi connectivity index (χ2n) is 7.81. The summed E-state index contributed by atoms with van der Waals surface area (Å²) in [6, 6.07) is 13.2. The fourth-order valence-electron chi connectivity index (χ4n) is 3.26. The monoisotopic (exact) mass is 623 g/mol. The Balaban J connectivity index is 1.28. The van der Waals surface area contributed by atoms with Crippen LogP contribution in [0.3, 0.4) is 0 Å². The lowest BCUT2D eigenvalue weighted by Crippen LogP contribution is -2.13. The van der Waals surface area contributed by atoms with E-state index in [4.69, 9.17) is 19.5 Å². The van der Waals surface area contributed by atoms with E-state index >= 15 is 0 Å². The van der Waals surface area contributed by atoms with Gasteiger partial charge in [-0.15, -0.1) is 0 Å². The largest absolute Gasteiger partial charge is 0.370 e. The first-order valence-electron chi connectivity index (χ1n) is 11.4. The Bertz CT molecular complexity index is 1440. The number of nitrogens with zero attached hydrogens (tertiary/aromatic N) is 3. The lowest BCUT2D eigenvalue weighted by Gasteiger charge is -2.18. The number of nitrogens with one attached hydrogen (secondary N) is 1. The van der Waals surface area contributed by atoms with Gasteiger partial charge in [0.25, 0.3) is 5.56 Å². The van der Waals surface area contributed by atoms with E-state index < -0.39 is 19.8 Å². The van der Waals surface area contributed by atoms with Crippen LogP contribution in [0.25, 0.3) is 11.2 Å². The molecule has 3 N–H and O–H groups in total. The van der Waals surface area contributed by atoms with E-state index in [2.05, 4.69) is 30.9 Å². The molecular weight excluding hydrogens is 600 g/mol. The normalized spacial score (nSPS) is 12.2. The SMILES string of the molecule is Nc1nc2c(ncn2CCOCP(OCCSC(=O)c2ccc(F)cc2)OCc2cccc(Br)c2)c(=O)[nH]1. The zero-order valence-corrected chi connectivity index (χ0v) is 23.3. The van der Waals surface area contributed by atoms with Gasteiger partial charge in [0.05, 0.1) is 26.1 Å². The summed E-state index contributed by atoms with van der Waals surface area (Å²) in [6.45, 7) is 1.28. The van der Waals surface area contributed by atoms with Crippen molar-refractivity contribution in [3.63, 3.8) is 0 Å². The number of benzene rings is 2. The number of aromatic nitrogens is 4. The molecular formula is C24H24BrFN5O5PS. The number of H-pyrrole nitrogens is 1. The third kappa shape index (κ3) is 8.16. The van der Waals surface area contributed by atoms with Gasteiger partial charge >= 0.3 is 0 Å². The number of carbonyl (C=O) groups excluding carboxylic acids is 1. The van der Waals surface area contributed by atoms with Crippen LogP contribution in [0.4, 0.5) is 10.3 Å². The molecule has 0 aliphatic rings. The molecule has 0 fully saturated rings. The van der Waals surface area contributed by atoms with Crippen molar-refractivity contribution in [3.8, 4) is 0 Å². The van der Waals surface area contributed by atoms with E-state index in [0.29, 0.717) is 36.7 Å². The molecule has 1 atom stereocenters. The van der Waals surface area contributed by atoms with Gasteiger partial charge in [-0.2, -0.15) is 4.98 Å². The van der Waals surface area contributed by atoms with Crippen molar-refractivity contribution in [2.24, 2.45) is 0 Å². The van der Waals surface area contributed by atoms with E-state index in [0.717, 1.165) is 21.8 Å². The number of thioether (sulfide) groups is 1. The Hall–Kier alpha value is -2.67. The smallest absolute Gasteiger partial charge is 0.280 e. The first-order chi connectivity index (χ1) is 18.4. The highest BCUT2D eigenvalue weighted by Gasteiger charge is 2.14. The second-order valence-corrected chi connectivity index (χ2v) is 11.2. The maximum absolute atomic E-state index is 13.1. The van der Waals surface area contributed by atoms with E-state index in [1.54, 1.807) is 4.57 Å². The molecule has 0 aliphatic heterocycles. The Labute approximate surface area is 231 Å². The van der Waals surface area contributed by atoms with Crippen LogP contribution in [0.15, 0.2) is 64.1 Å². The standard InChI is InChI=1S/C24H24BrFN5O5PS/c25-18-3-1-2-16(12-18)13-36-37(35-10-11-38-23(33)17-4-6-19(26)7-5-17)15-34-9-8-31-14-28-20-21(31)29-24(27)30-22(20)32/h1-7,12,14H,8-11,13,15H2,(H3,27,29,30,32). The predicted molar refractivity (Wildman–Crippen MR) is 148 cm³/mol. The van der Waals surface area contributed by atoms with E-state index in [1.807, 2.05) is 24.3 Å². The number of anilines is 1. The van der Waals surface area contributed by atoms with Gasteiger partial charge in [-0.3, -0.25) is 14.6 Å². The van der Waals surface area contributed by atoms with Crippen LogP contribution in [0, 0.1) is 5.82 Å². The van der Waals surface area contributed by atoms with Crippen molar-refractivity contribution in [2.75, 3.05) is 31.0 Å². The lowest BCUT2D eigenvalue weighted by atomic mass is 10.2. The number of hydrogen-bond donors (Lipinski definition) is 2. The second kappa shape index (κ2) is 13.9. The number of nitrogen functional groups attached to an aromatic ring is 1. The summed E-state index contributed by atoms with van der Waals surface area (Å²) >= 11 is 4.54. The highest BCUT2D eigenvalue weighted by atomic mass is 79.9. The van der Waals surface area contributed by atoms with Gasteiger partial charge in [-0.25, -0.2) is 9.37 Å². The topological polar surface area (TPSA) is 134 Å². The van der Waals surface area contributed by atoms with Crippen molar-refractivity contribution < 1.29 is 23.0 Å². The molecule has 2 aromatic carbocycles.